The van der Waals surface area contributed by atoms with Crippen molar-refractivity contribution in [1.29, 1.82) is 0 Å². The van der Waals surface area contributed by atoms with Gasteiger partial charge in [0.2, 0.25) is 0 Å². The molecule has 5 heteroatoms. The van der Waals surface area contributed by atoms with Crippen molar-refractivity contribution >= 4 is 17.0 Å². The Bertz CT molecular complexity index is 244. The summed E-state index contributed by atoms with van der Waals surface area (Å²) in [6.45, 7) is 4.49. The topological polar surface area (TPSA) is 57.6 Å². The number of carboxylic acid groups (broad SMARTS) is 1. The summed E-state index contributed by atoms with van der Waals surface area (Å²) in [6, 6.07) is -0.556. The zero-order chi connectivity index (χ0) is 10.7. The van der Waals surface area contributed by atoms with Crippen LogP contribution in [-0.2, 0) is 15.8 Å². The highest BCUT2D eigenvalue weighted by molar-refractivity contribution is 7.82. The third-order valence-corrected chi connectivity index (χ3v) is 4.06. The van der Waals surface area contributed by atoms with Crippen LogP contribution in [0.5, 0.6) is 0 Å². The predicted octanol–water partition coefficient (Wildman–Crippen LogP) is 0.855. The molecule has 1 saturated heterocycles. The molecule has 3 unspecified atom stereocenters. The molecule has 0 amide bonds. The van der Waals surface area contributed by atoms with Gasteiger partial charge in [-0.3, -0.25) is 4.79 Å². The van der Waals surface area contributed by atoms with E-state index in [1.807, 2.05) is 13.8 Å². The fourth-order valence-corrected chi connectivity index (χ4v) is 2.85. The molecule has 0 aliphatic carbocycles. The molecule has 1 rings (SSSR count). The van der Waals surface area contributed by atoms with Crippen molar-refractivity contribution in [1.82, 2.24) is 4.31 Å². The molecule has 1 heterocycles. The summed E-state index contributed by atoms with van der Waals surface area (Å²) in [5, 5.41) is 8.99. The quantitative estimate of drug-likeness (QED) is 0.765. The maximum absolute atomic E-state index is 11.6. The van der Waals surface area contributed by atoms with Crippen LogP contribution in [0, 0.1) is 5.92 Å². The molecule has 4 nitrogen and oxygen atoms in total. The largest absolute Gasteiger partial charge is 0.480 e. The van der Waals surface area contributed by atoms with Gasteiger partial charge in [0.25, 0.3) is 0 Å². The van der Waals surface area contributed by atoms with Crippen LogP contribution in [0.25, 0.3) is 0 Å². The third kappa shape index (κ3) is 2.54. The Kier molecular flexibility index (Phi) is 4.07. The van der Waals surface area contributed by atoms with E-state index in [4.69, 9.17) is 5.11 Å². The van der Waals surface area contributed by atoms with E-state index in [-0.39, 0.29) is 0 Å². The first kappa shape index (κ1) is 11.7. The van der Waals surface area contributed by atoms with Crippen molar-refractivity contribution in [3.63, 3.8) is 0 Å². The molecule has 1 aliphatic heterocycles. The van der Waals surface area contributed by atoms with E-state index in [1.54, 1.807) is 4.31 Å². The summed E-state index contributed by atoms with van der Waals surface area (Å²) in [5.74, 6) is 0.0672. The van der Waals surface area contributed by atoms with Gasteiger partial charge in [-0.25, -0.2) is 8.51 Å². The van der Waals surface area contributed by atoms with Gasteiger partial charge in [-0.15, -0.1) is 0 Å². The first-order chi connectivity index (χ1) is 6.56. The van der Waals surface area contributed by atoms with Crippen molar-refractivity contribution in [2.75, 3.05) is 12.3 Å². The number of piperidine rings is 1. The van der Waals surface area contributed by atoms with Crippen molar-refractivity contribution in [2.45, 2.75) is 32.7 Å². The SMILES string of the molecule is CCS(=O)N1CCC(C)CC1C(=O)O. The second-order valence-corrected chi connectivity index (χ2v) is 5.42. The van der Waals surface area contributed by atoms with Gasteiger partial charge in [0.15, 0.2) is 0 Å². The van der Waals surface area contributed by atoms with Gasteiger partial charge in [0, 0.05) is 12.3 Å². The highest BCUT2D eigenvalue weighted by Gasteiger charge is 2.34. The zero-order valence-corrected chi connectivity index (χ0v) is 9.42. The molecular formula is C9H17NO3S. The Morgan fingerprint density at radius 3 is 2.79 bits per heavy atom. The molecule has 0 aromatic carbocycles. The number of rotatable bonds is 3. The van der Waals surface area contributed by atoms with E-state index in [0.29, 0.717) is 24.6 Å². The standard InChI is InChI=1S/C9H17NO3S/c1-3-14(13)10-5-4-7(2)6-8(10)9(11)12/h7-8H,3-6H2,1-2H3,(H,11,12). The Hall–Kier alpha value is -0.420. The van der Waals surface area contributed by atoms with Crippen molar-refractivity contribution in [3.8, 4) is 0 Å². The Morgan fingerprint density at radius 1 is 1.64 bits per heavy atom. The molecule has 0 aromatic heterocycles. The lowest BCUT2D eigenvalue weighted by molar-refractivity contribution is -0.142. The molecule has 0 bridgehead atoms. The molecule has 1 aliphatic rings. The lowest BCUT2D eigenvalue weighted by Gasteiger charge is -2.34. The minimum atomic E-state index is -1.13. The lowest BCUT2D eigenvalue weighted by atomic mass is 9.94. The van der Waals surface area contributed by atoms with E-state index in [0.717, 1.165) is 6.42 Å². The number of hydrogen-bond donors (Lipinski definition) is 1. The normalized spacial score (nSPS) is 31.3. The molecular weight excluding hydrogens is 202 g/mol. The number of nitrogens with zero attached hydrogens (tertiary/aromatic N) is 1. The van der Waals surface area contributed by atoms with Crippen LogP contribution in [0.4, 0.5) is 0 Å². The number of carbonyl (C=O) groups is 1. The second-order valence-electron chi connectivity index (χ2n) is 3.73. The Balaban J connectivity index is 2.72. The van der Waals surface area contributed by atoms with E-state index in [2.05, 4.69) is 0 Å². The zero-order valence-electron chi connectivity index (χ0n) is 8.60. The van der Waals surface area contributed by atoms with Gasteiger partial charge in [0.05, 0.1) is 11.0 Å². The molecule has 1 N–H and O–H groups in total. The first-order valence-electron chi connectivity index (χ1n) is 4.94. The van der Waals surface area contributed by atoms with Crippen LogP contribution < -0.4 is 0 Å². The summed E-state index contributed by atoms with van der Waals surface area (Å²) >= 11 is 0. The van der Waals surface area contributed by atoms with Gasteiger partial charge in [-0.05, 0) is 18.8 Å². The second kappa shape index (κ2) is 4.89. The summed E-state index contributed by atoms with van der Waals surface area (Å²) in [5.41, 5.74) is 0. The van der Waals surface area contributed by atoms with Crippen LogP contribution in [0.3, 0.4) is 0 Å². The maximum atomic E-state index is 11.6. The fraction of sp³-hybridized carbons (Fsp3) is 0.889. The molecule has 0 saturated carbocycles. The summed E-state index contributed by atoms with van der Waals surface area (Å²) in [4.78, 5) is 11.0. The third-order valence-electron chi connectivity index (χ3n) is 2.61. The van der Waals surface area contributed by atoms with Gasteiger partial charge < -0.3 is 5.11 Å². The Labute approximate surface area is 86.9 Å². The van der Waals surface area contributed by atoms with E-state index in [9.17, 15) is 9.00 Å². The lowest BCUT2D eigenvalue weighted by Crippen LogP contribution is -2.47. The molecule has 3 atom stereocenters. The predicted molar refractivity (Wildman–Crippen MR) is 55.2 cm³/mol. The Morgan fingerprint density at radius 2 is 2.29 bits per heavy atom. The number of carboxylic acids is 1. The summed E-state index contributed by atoms with van der Waals surface area (Å²) in [7, 11) is -1.13. The van der Waals surface area contributed by atoms with Gasteiger partial charge >= 0.3 is 5.97 Å². The maximum Gasteiger partial charge on any atom is 0.321 e. The van der Waals surface area contributed by atoms with Crippen molar-refractivity contribution in [3.05, 3.63) is 0 Å². The average Bonchev–Trinajstić information content (AvgIpc) is 2.16. The van der Waals surface area contributed by atoms with Crippen LogP contribution in [-0.4, -0.2) is 37.9 Å². The highest BCUT2D eigenvalue weighted by Crippen LogP contribution is 2.23. The fourth-order valence-electron chi connectivity index (χ4n) is 1.75. The molecule has 0 radical (unpaired) electrons. The molecule has 1 fully saturated rings. The number of hydrogen-bond acceptors (Lipinski definition) is 2. The van der Waals surface area contributed by atoms with Crippen LogP contribution >= 0.6 is 0 Å². The van der Waals surface area contributed by atoms with Gasteiger partial charge in [-0.2, -0.15) is 0 Å². The smallest absolute Gasteiger partial charge is 0.321 e. The first-order valence-corrected chi connectivity index (χ1v) is 6.21. The number of aliphatic carboxylic acids is 1. The molecule has 14 heavy (non-hydrogen) atoms. The highest BCUT2D eigenvalue weighted by atomic mass is 32.2. The molecule has 0 spiro atoms. The summed E-state index contributed by atoms with van der Waals surface area (Å²) < 4.78 is 13.2. The van der Waals surface area contributed by atoms with Gasteiger partial charge in [-0.1, -0.05) is 13.8 Å². The van der Waals surface area contributed by atoms with Gasteiger partial charge in [0.1, 0.15) is 6.04 Å². The minimum Gasteiger partial charge on any atom is -0.480 e. The minimum absolute atomic E-state index is 0.418. The van der Waals surface area contributed by atoms with Crippen LogP contribution in [0.2, 0.25) is 0 Å². The molecule has 82 valence electrons. The van der Waals surface area contributed by atoms with Crippen molar-refractivity contribution in [2.24, 2.45) is 5.92 Å². The summed E-state index contributed by atoms with van der Waals surface area (Å²) in [6.07, 6.45) is 1.55. The van der Waals surface area contributed by atoms with E-state index < -0.39 is 23.0 Å². The van der Waals surface area contributed by atoms with E-state index in [1.165, 1.54) is 0 Å². The van der Waals surface area contributed by atoms with E-state index >= 15 is 0 Å². The average molecular weight is 219 g/mol. The monoisotopic (exact) mass is 219 g/mol. The van der Waals surface area contributed by atoms with Crippen LogP contribution in [0.1, 0.15) is 26.7 Å². The van der Waals surface area contributed by atoms with Crippen LogP contribution in [0.15, 0.2) is 0 Å². The van der Waals surface area contributed by atoms with Crippen molar-refractivity contribution < 1.29 is 14.1 Å². The molecule has 0 aromatic rings.